The fraction of sp³-hybridized carbons (Fsp3) is 0.211. The third kappa shape index (κ3) is 2.80. The Balaban J connectivity index is 1.39. The van der Waals surface area contributed by atoms with Crippen molar-refractivity contribution in [3.05, 3.63) is 72.0 Å². The fourth-order valence-corrected chi connectivity index (χ4v) is 3.47. The number of nitrogens with zero attached hydrogens (tertiary/aromatic N) is 4. The van der Waals surface area contributed by atoms with E-state index in [4.69, 9.17) is 9.36 Å². The number of allylic oxidation sites excluding steroid dienone is 1. The second-order valence-corrected chi connectivity index (χ2v) is 6.49. The summed E-state index contributed by atoms with van der Waals surface area (Å²) in [7, 11) is 0. The molecule has 3 aliphatic heterocycles. The highest BCUT2D eigenvalue weighted by Crippen LogP contribution is 2.34. The summed E-state index contributed by atoms with van der Waals surface area (Å²) in [6.45, 7) is 0.662. The largest absolute Gasteiger partial charge is 0.418 e. The zero-order chi connectivity index (χ0) is 18.2. The Labute approximate surface area is 155 Å². The summed E-state index contributed by atoms with van der Waals surface area (Å²) >= 11 is 0. The zero-order valence-electron chi connectivity index (χ0n) is 14.4. The topological polar surface area (TPSA) is 83.7 Å². The lowest BCUT2D eigenvalue weighted by atomic mass is 10.1. The van der Waals surface area contributed by atoms with Crippen molar-refractivity contribution in [1.82, 2.24) is 25.6 Å². The lowest BCUT2D eigenvalue weighted by Gasteiger charge is -2.24. The Morgan fingerprint density at radius 3 is 3.00 bits per heavy atom. The normalized spacial score (nSPS) is 21.0. The van der Waals surface area contributed by atoms with Crippen molar-refractivity contribution < 1.29 is 14.2 Å². The van der Waals surface area contributed by atoms with E-state index in [0.717, 1.165) is 24.1 Å². The van der Waals surface area contributed by atoms with Gasteiger partial charge >= 0.3 is 0 Å². The molecule has 1 fully saturated rings. The molecule has 1 aromatic heterocycles. The van der Waals surface area contributed by atoms with Gasteiger partial charge in [0.05, 0.1) is 11.9 Å². The van der Waals surface area contributed by atoms with Crippen molar-refractivity contribution >= 4 is 5.91 Å². The second kappa shape index (κ2) is 6.40. The van der Waals surface area contributed by atoms with Gasteiger partial charge in [-0.3, -0.25) is 4.79 Å². The molecule has 0 bridgehead atoms. The zero-order valence-corrected chi connectivity index (χ0v) is 14.4. The van der Waals surface area contributed by atoms with Crippen LogP contribution in [0.15, 0.2) is 70.6 Å². The standard InChI is InChI=1S/C19H17N5O3/c25-19(14-8-10-24-15(11-14)12-20-27-24)23-9-4-7-16(23)18-22-21-17(26-18)13-5-2-1-3-6-13/h1-3,5-6,8,10-12,16,20H,4,7,9H2. The predicted molar refractivity (Wildman–Crippen MR) is 94.8 cm³/mol. The number of carbonyl (C=O) groups excluding carboxylic acids is 1. The Hall–Kier alpha value is -3.39. The van der Waals surface area contributed by atoms with E-state index in [2.05, 4.69) is 15.7 Å². The van der Waals surface area contributed by atoms with Gasteiger partial charge in [-0.1, -0.05) is 18.2 Å². The molecular weight excluding hydrogens is 346 g/mol. The number of benzene rings is 1. The van der Waals surface area contributed by atoms with Crippen LogP contribution >= 0.6 is 0 Å². The van der Waals surface area contributed by atoms with Gasteiger partial charge in [0, 0.05) is 23.9 Å². The molecule has 8 nitrogen and oxygen atoms in total. The molecular formula is C19H17N5O3. The first-order valence-corrected chi connectivity index (χ1v) is 8.81. The van der Waals surface area contributed by atoms with Crippen molar-refractivity contribution in [2.75, 3.05) is 6.54 Å². The van der Waals surface area contributed by atoms with Crippen molar-refractivity contribution in [3.8, 4) is 11.5 Å². The fourth-order valence-electron chi connectivity index (χ4n) is 3.47. The lowest BCUT2D eigenvalue weighted by Crippen LogP contribution is -2.32. The summed E-state index contributed by atoms with van der Waals surface area (Å²) in [5, 5.41) is 9.92. The Kier molecular flexibility index (Phi) is 3.75. The van der Waals surface area contributed by atoms with Gasteiger partial charge < -0.3 is 9.32 Å². The van der Waals surface area contributed by atoms with Crippen LogP contribution < -0.4 is 5.48 Å². The number of hydrogen-bond donors (Lipinski definition) is 1. The second-order valence-electron chi connectivity index (χ2n) is 6.49. The molecule has 1 unspecified atom stereocenters. The van der Waals surface area contributed by atoms with Gasteiger partial charge in [0.1, 0.15) is 6.04 Å². The molecule has 1 saturated heterocycles. The van der Waals surface area contributed by atoms with Gasteiger partial charge in [-0.15, -0.1) is 10.2 Å². The van der Waals surface area contributed by atoms with Crippen molar-refractivity contribution in [1.29, 1.82) is 0 Å². The molecule has 1 amide bonds. The number of aromatic nitrogens is 2. The number of nitrogens with one attached hydrogen (secondary N) is 1. The number of rotatable bonds is 3. The summed E-state index contributed by atoms with van der Waals surface area (Å²) < 4.78 is 5.89. The first-order chi connectivity index (χ1) is 13.3. The molecule has 8 heteroatoms. The first-order valence-electron chi connectivity index (χ1n) is 8.81. The van der Waals surface area contributed by atoms with Crippen molar-refractivity contribution in [3.63, 3.8) is 0 Å². The number of hydrogen-bond acceptors (Lipinski definition) is 7. The minimum atomic E-state index is -0.207. The Morgan fingerprint density at radius 1 is 1.22 bits per heavy atom. The molecule has 1 atom stereocenters. The van der Waals surface area contributed by atoms with Gasteiger partial charge in [-0.25, -0.2) is 10.5 Å². The molecule has 3 aliphatic rings. The number of amides is 1. The van der Waals surface area contributed by atoms with E-state index >= 15 is 0 Å². The monoisotopic (exact) mass is 363 g/mol. The number of likely N-dealkylation sites (tertiary alicyclic amines) is 1. The van der Waals surface area contributed by atoms with Crippen molar-refractivity contribution in [2.45, 2.75) is 18.9 Å². The Morgan fingerprint density at radius 2 is 2.11 bits per heavy atom. The van der Waals surface area contributed by atoms with E-state index in [1.165, 1.54) is 0 Å². The molecule has 1 aromatic carbocycles. The summed E-state index contributed by atoms with van der Waals surface area (Å²) in [5.74, 6) is 0.893. The van der Waals surface area contributed by atoms with Crippen LogP contribution in [0, 0.1) is 0 Å². The molecule has 5 rings (SSSR count). The van der Waals surface area contributed by atoms with Crippen LogP contribution in [0.3, 0.4) is 0 Å². The minimum Gasteiger partial charge on any atom is -0.418 e. The SMILES string of the molecule is O=C(C1=CC2=CNON2C=C1)N1CCCC1c1nnc(-c2ccccc2)o1. The molecule has 0 saturated carbocycles. The average molecular weight is 363 g/mol. The van der Waals surface area contributed by atoms with Gasteiger partial charge in [0.25, 0.3) is 5.91 Å². The highest BCUT2D eigenvalue weighted by atomic mass is 16.8. The van der Waals surface area contributed by atoms with E-state index in [1.807, 2.05) is 30.3 Å². The van der Waals surface area contributed by atoms with E-state index in [0.29, 0.717) is 23.9 Å². The Bertz CT molecular complexity index is 963. The lowest BCUT2D eigenvalue weighted by molar-refractivity contribution is -0.128. The highest BCUT2D eigenvalue weighted by molar-refractivity contribution is 5.97. The third-order valence-corrected chi connectivity index (χ3v) is 4.81. The maximum Gasteiger partial charge on any atom is 0.254 e. The van der Waals surface area contributed by atoms with Crippen LogP contribution in [-0.2, 0) is 9.73 Å². The molecule has 0 radical (unpaired) electrons. The summed E-state index contributed by atoms with van der Waals surface area (Å²) in [5.41, 5.74) is 4.90. The van der Waals surface area contributed by atoms with Crippen LogP contribution in [0.4, 0.5) is 0 Å². The van der Waals surface area contributed by atoms with Crippen LogP contribution in [-0.4, -0.2) is 32.6 Å². The van der Waals surface area contributed by atoms with Gasteiger partial charge in [0.15, 0.2) is 0 Å². The molecule has 4 heterocycles. The molecule has 0 aliphatic carbocycles. The number of fused-ring (bicyclic) bond motifs is 1. The number of hydroxylamine groups is 3. The van der Waals surface area contributed by atoms with Crippen LogP contribution in [0.1, 0.15) is 24.8 Å². The number of carbonyl (C=O) groups is 1. The van der Waals surface area contributed by atoms with Gasteiger partial charge in [0.2, 0.25) is 11.8 Å². The summed E-state index contributed by atoms with van der Waals surface area (Å²) in [6.07, 6.45) is 8.65. The summed E-state index contributed by atoms with van der Waals surface area (Å²) in [4.78, 5) is 20.0. The van der Waals surface area contributed by atoms with E-state index < -0.39 is 0 Å². The molecule has 27 heavy (non-hydrogen) atoms. The van der Waals surface area contributed by atoms with E-state index in [1.54, 1.807) is 34.5 Å². The molecule has 136 valence electrons. The quantitative estimate of drug-likeness (QED) is 0.897. The van der Waals surface area contributed by atoms with Gasteiger partial charge in [-0.05, 0) is 37.1 Å². The average Bonchev–Trinajstić information content (AvgIpc) is 3.47. The molecule has 2 aromatic rings. The molecule has 0 spiro atoms. The van der Waals surface area contributed by atoms with Crippen LogP contribution in [0.2, 0.25) is 0 Å². The third-order valence-electron chi connectivity index (χ3n) is 4.81. The maximum atomic E-state index is 13.1. The van der Waals surface area contributed by atoms with E-state index in [9.17, 15) is 4.79 Å². The highest BCUT2D eigenvalue weighted by Gasteiger charge is 2.35. The van der Waals surface area contributed by atoms with Crippen molar-refractivity contribution in [2.24, 2.45) is 0 Å². The van der Waals surface area contributed by atoms with Gasteiger partial charge in [-0.2, -0.15) is 4.94 Å². The smallest absolute Gasteiger partial charge is 0.254 e. The molecule has 1 N–H and O–H groups in total. The maximum absolute atomic E-state index is 13.1. The first kappa shape index (κ1) is 15.8. The minimum absolute atomic E-state index is 0.0549. The van der Waals surface area contributed by atoms with E-state index in [-0.39, 0.29) is 11.9 Å². The summed E-state index contributed by atoms with van der Waals surface area (Å²) in [6, 6.07) is 9.41. The van der Waals surface area contributed by atoms with Crippen LogP contribution in [0.5, 0.6) is 0 Å². The predicted octanol–water partition coefficient (Wildman–Crippen LogP) is 2.45. The van der Waals surface area contributed by atoms with Crippen LogP contribution in [0.25, 0.3) is 11.5 Å².